The predicted octanol–water partition coefficient (Wildman–Crippen LogP) is 3.29. The number of hydrogen-bond donors (Lipinski definition) is 1. The standard InChI is InChI=1S/C6H8BrN.C2H4/c1-4(2)6(8)5(3)7;1-2/h8H,1,3H2,2H3;1-2H2. The van der Waals surface area contributed by atoms with Gasteiger partial charge in [-0.1, -0.05) is 13.2 Å². The van der Waals surface area contributed by atoms with Crippen molar-refractivity contribution in [2.75, 3.05) is 0 Å². The van der Waals surface area contributed by atoms with Gasteiger partial charge in [-0.25, -0.2) is 0 Å². The molecule has 10 heavy (non-hydrogen) atoms. The second-order valence-electron chi connectivity index (χ2n) is 1.56. The largest absolute Gasteiger partial charge is 0.299 e. The molecule has 1 nitrogen and oxygen atoms in total. The third-order valence-corrected chi connectivity index (χ3v) is 1.09. The molecule has 1 N–H and O–H groups in total. The van der Waals surface area contributed by atoms with Gasteiger partial charge in [-0.15, -0.1) is 13.2 Å². The first kappa shape index (κ1) is 12.1. The van der Waals surface area contributed by atoms with Gasteiger partial charge in [-0.3, -0.25) is 5.41 Å². The molecule has 0 amide bonds. The molecule has 0 aliphatic heterocycles. The predicted molar refractivity (Wildman–Crippen MR) is 51.9 cm³/mol. The van der Waals surface area contributed by atoms with E-state index in [1.165, 1.54) is 0 Å². The average Bonchev–Trinajstić information content (AvgIpc) is 1.90. The number of allylic oxidation sites excluding steroid dienone is 2. The minimum atomic E-state index is 0.380. The molecule has 0 aliphatic carbocycles. The van der Waals surface area contributed by atoms with Gasteiger partial charge in [-0.2, -0.15) is 0 Å². The van der Waals surface area contributed by atoms with E-state index in [-0.39, 0.29) is 0 Å². The van der Waals surface area contributed by atoms with E-state index in [0.29, 0.717) is 10.2 Å². The molecule has 0 aromatic carbocycles. The first-order valence-corrected chi connectivity index (χ1v) is 3.44. The van der Waals surface area contributed by atoms with E-state index < -0.39 is 0 Å². The highest BCUT2D eigenvalue weighted by atomic mass is 79.9. The van der Waals surface area contributed by atoms with Crippen LogP contribution in [-0.2, 0) is 0 Å². The minimum Gasteiger partial charge on any atom is -0.299 e. The van der Waals surface area contributed by atoms with Crippen LogP contribution in [0, 0.1) is 5.41 Å². The number of rotatable bonds is 2. The van der Waals surface area contributed by atoms with Gasteiger partial charge >= 0.3 is 0 Å². The lowest BCUT2D eigenvalue weighted by molar-refractivity contribution is 1.47. The molecule has 0 fully saturated rings. The van der Waals surface area contributed by atoms with Gasteiger partial charge in [0, 0.05) is 4.48 Å². The molecule has 0 rings (SSSR count). The van der Waals surface area contributed by atoms with Crippen LogP contribution < -0.4 is 0 Å². The zero-order chi connectivity index (χ0) is 8.73. The lowest BCUT2D eigenvalue weighted by Crippen LogP contribution is -1.93. The second kappa shape index (κ2) is 6.49. The van der Waals surface area contributed by atoms with Crippen LogP contribution in [0.2, 0.25) is 0 Å². The van der Waals surface area contributed by atoms with E-state index in [4.69, 9.17) is 5.41 Å². The topological polar surface area (TPSA) is 23.9 Å². The van der Waals surface area contributed by atoms with Crippen molar-refractivity contribution in [3.8, 4) is 0 Å². The maximum Gasteiger partial charge on any atom is 0.0699 e. The SMILES string of the molecule is C=C.C=C(C)C(=N)C(=C)Br. The highest BCUT2D eigenvalue weighted by molar-refractivity contribution is 9.12. The molecule has 0 aromatic rings. The van der Waals surface area contributed by atoms with Crippen molar-refractivity contribution in [1.29, 1.82) is 5.41 Å². The molecular formula is C8H12BrN. The fourth-order valence-electron chi connectivity index (χ4n) is 0.232. The Morgan fingerprint density at radius 1 is 1.30 bits per heavy atom. The Labute approximate surface area is 70.8 Å². The van der Waals surface area contributed by atoms with Crippen molar-refractivity contribution >= 4 is 21.6 Å². The van der Waals surface area contributed by atoms with Crippen LogP contribution in [0.25, 0.3) is 0 Å². The molecule has 0 spiro atoms. The average molecular weight is 202 g/mol. The van der Waals surface area contributed by atoms with Crippen molar-refractivity contribution in [2.45, 2.75) is 6.92 Å². The molecule has 0 aliphatic rings. The summed E-state index contributed by atoms with van der Waals surface area (Å²) in [4.78, 5) is 0. The molecule has 0 radical (unpaired) electrons. The summed E-state index contributed by atoms with van der Waals surface area (Å²) in [6.45, 7) is 14.8. The summed E-state index contributed by atoms with van der Waals surface area (Å²) in [6, 6.07) is 0. The number of hydrogen-bond acceptors (Lipinski definition) is 1. The molecule has 0 aromatic heterocycles. The molecule has 0 heterocycles. The Balaban J connectivity index is 0. The second-order valence-corrected chi connectivity index (χ2v) is 2.52. The normalized spacial score (nSPS) is 7.00. The van der Waals surface area contributed by atoms with Gasteiger partial charge in [0.25, 0.3) is 0 Å². The number of halogens is 1. The zero-order valence-electron chi connectivity index (χ0n) is 6.21. The van der Waals surface area contributed by atoms with Gasteiger partial charge in [-0.05, 0) is 28.4 Å². The molecule has 0 saturated carbocycles. The maximum atomic E-state index is 7.15. The van der Waals surface area contributed by atoms with Crippen LogP contribution in [-0.4, -0.2) is 5.71 Å². The van der Waals surface area contributed by atoms with E-state index in [0.717, 1.165) is 5.57 Å². The van der Waals surface area contributed by atoms with Crippen molar-refractivity contribution in [3.05, 3.63) is 36.4 Å². The Morgan fingerprint density at radius 3 is 1.60 bits per heavy atom. The van der Waals surface area contributed by atoms with E-state index in [1.54, 1.807) is 6.92 Å². The van der Waals surface area contributed by atoms with E-state index >= 15 is 0 Å². The number of nitrogens with one attached hydrogen (secondary N) is 1. The summed E-state index contributed by atoms with van der Waals surface area (Å²) in [6.07, 6.45) is 0. The first-order valence-electron chi connectivity index (χ1n) is 2.65. The molecule has 0 bridgehead atoms. The van der Waals surface area contributed by atoms with E-state index in [1.807, 2.05) is 0 Å². The summed E-state index contributed by atoms with van der Waals surface area (Å²) < 4.78 is 0.588. The van der Waals surface area contributed by atoms with Crippen LogP contribution >= 0.6 is 15.9 Å². The third kappa shape index (κ3) is 5.51. The molecule has 0 atom stereocenters. The minimum absolute atomic E-state index is 0.380. The Bertz CT molecular complexity index is 143. The van der Waals surface area contributed by atoms with E-state index in [9.17, 15) is 0 Å². The third-order valence-electron chi connectivity index (χ3n) is 0.698. The van der Waals surface area contributed by atoms with Crippen LogP contribution in [0.15, 0.2) is 36.4 Å². The quantitative estimate of drug-likeness (QED) is 0.524. The van der Waals surface area contributed by atoms with Gasteiger partial charge in [0.1, 0.15) is 0 Å². The molecule has 56 valence electrons. The van der Waals surface area contributed by atoms with Gasteiger partial charge in [0.05, 0.1) is 5.71 Å². The molecule has 0 unspecified atom stereocenters. The monoisotopic (exact) mass is 201 g/mol. The summed E-state index contributed by atoms with van der Waals surface area (Å²) >= 11 is 3.06. The summed E-state index contributed by atoms with van der Waals surface area (Å²) in [5, 5.41) is 7.15. The van der Waals surface area contributed by atoms with Gasteiger partial charge < -0.3 is 0 Å². The summed E-state index contributed by atoms with van der Waals surface area (Å²) in [7, 11) is 0. The highest BCUT2D eigenvalue weighted by Crippen LogP contribution is 2.07. The molecule has 0 saturated heterocycles. The first-order chi connectivity index (χ1) is 4.55. The smallest absolute Gasteiger partial charge is 0.0699 e. The maximum absolute atomic E-state index is 7.15. The summed E-state index contributed by atoms with van der Waals surface area (Å²) in [5.41, 5.74) is 1.11. The van der Waals surface area contributed by atoms with Crippen LogP contribution in [0.1, 0.15) is 6.92 Å². The van der Waals surface area contributed by atoms with Crippen molar-refractivity contribution in [3.63, 3.8) is 0 Å². The van der Waals surface area contributed by atoms with Crippen molar-refractivity contribution < 1.29 is 0 Å². The summed E-state index contributed by atoms with van der Waals surface area (Å²) in [5.74, 6) is 0. The van der Waals surface area contributed by atoms with E-state index in [2.05, 4.69) is 42.2 Å². The van der Waals surface area contributed by atoms with Crippen LogP contribution in [0.4, 0.5) is 0 Å². The lowest BCUT2D eigenvalue weighted by atomic mass is 10.2. The Hall–Kier alpha value is -0.630. The van der Waals surface area contributed by atoms with Gasteiger partial charge in [0.15, 0.2) is 0 Å². The highest BCUT2D eigenvalue weighted by Gasteiger charge is 1.96. The Kier molecular flexibility index (Phi) is 7.84. The van der Waals surface area contributed by atoms with Crippen molar-refractivity contribution in [1.82, 2.24) is 0 Å². The molecular weight excluding hydrogens is 190 g/mol. The lowest BCUT2D eigenvalue weighted by Gasteiger charge is -1.95. The fourth-order valence-corrected chi connectivity index (χ4v) is 0.570. The molecule has 2 heteroatoms. The van der Waals surface area contributed by atoms with Crippen molar-refractivity contribution in [2.24, 2.45) is 0 Å². The fraction of sp³-hybridized carbons (Fsp3) is 0.125. The zero-order valence-corrected chi connectivity index (χ0v) is 7.79. The van der Waals surface area contributed by atoms with Gasteiger partial charge in [0.2, 0.25) is 0 Å². The Morgan fingerprint density at radius 2 is 1.60 bits per heavy atom. The van der Waals surface area contributed by atoms with Crippen LogP contribution in [0.5, 0.6) is 0 Å². The van der Waals surface area contributed by atoms with Crippen LogP contribution in [0.3, 0.4) is 0 Å².